The Morgan fingerprint density at radius 1 is 1.50 bits per heavy atom. The van der Waals surface area contributed by atoms with E-state index in [0.717, 1.165) is 0 Å². The van der Waals surface area contributed by atoms with Crippen LogP contribution in [0.25, 0.3) is 0 Å². The van der Waals surface area contributed by atoms with Crippen LogP contribution in [-0.2, 0) is 9.53 Å². The Morgan fingerprint density at radius 2 is 2.25 bits per heavy atom. The SMILES string of the molecule is COC(=O)CCCOc1ccc(F)c(Cl)c1. The first-order valence-electron chi connectivity index (χ1n) is 4.78. The minimum Gasteiger partial charge on any atom is -0.494 e. The number of esters is 1. The van der Waals surface area contributed by atoms with Gasteiger partial charge in [-0.25, -0.2) is 4.39 Å². The summed E-state index contributed by atoms with van der Waals surface area (Å²) < 4.78 is 22.5. The summed E-state index contributed by atoms with van der Waals surface area (Å²) in [7, 11) is 1.34. The third-order valence-corrected chi connectivity index (χ3v) is 2.20. The Balaban J connectivity index is 2.32. The van der Waals surface area contributed by atoms with Crippen LogP contribution in [0.15, 0.2) is 18.2 Å². The van der Waals surface area contributed by atoms with Crippen LogP contribution in [0.5, 0.6) is 5.75 Å². The molecule has 0 unspecified atom stereocenters. The van der Waals surface area contributed by atoms with E-state index in [9.17, 15) is 9.18 Å². The molecule has 0 fully saturated rings. The molecule has 0 saturated heterocycles. The highest BCUT2D eigenvalue weighted by Gasteiger charge is 2.03. The Bertz CT molecular complexity index is 368. The molecule has 0 amide bonds. The van der Waals surface area contributed by atoms with Gasteiger partial charge in [-0.2, -0.15) is 0 Å². The number of hydrogen-bond acceptors (Lipinski definition) is 3. The van der Waals surface area contributed by atoms with Crippen molar-refractivity contribution >= 4 is 17.6 Å². The molecule has 88 valence electrons. The Labute approximate surface area is 98.1 Å². The molecule has 1 aromatic rings. The van der Waals surface area contributed by atoms with Gasteiger partial charge in [0, 0.05) is 12.5 Å². The lowest BCUT2D eigenvalue weighted by Gasteiger charge is -2.06. The van der Waals surface area contributed by atoms with Crippen molar-refractivity contribution in [3.8, 4) is 5.75 Å². The number of hydrogen-bond donors (Lipinski definition) is 0. The smallest absolute Gasteiger partial charge is 0.305 e. The lowest BCUT2D eigenvalue weighted by Crippen LogP contribution is -2.04. The van der Waals surface area contributed by atoms with Crippen LogP contribution in [0.4, 0.5) is 4.39 Å². The van der Waals surface area contributed by atoms with Gasteiger partial charge in [0.25, 0.3) is 0 Å². The van der Waals surface area contributed by atoms with Crippen molar-refractivity contribution in [2.75, 3.05) is 13.7 Å². The molecular formula is C11H12ClFO3. The number of methoxy groups -OCH3 is 1. The number of carbonyl (C=O) groups is 1. The average molecular weight is 247 g/mol. The maximum atomic E-state index is 12.8. The number of rotatable bonds is 5. The van der Waals surface area contributed by atoms with E-state index >= 15 is 0 Å². The highest BCUT2D eigenvalue weighted by atomic mass is 35.5. The zero-order valence-electron chi connectivity index (χ0n) is 8.83. The van der Waals surface area contributed by atoms with Crippen LogP contribution in [0, 0.1) is 5.82 Å². The summed E-state index contributed by atoms with van der Waals surface area (Å²) in [6.07, 6.45) is 0.840. The fourth-order valence-corrected chi connectivity index (χ4v) is 1.25. The molecule has 0 aromatic heterocycles. The van der Waals surface area contributed by atoms with Crippen LogP contribution >= 0.6 is 11.6 Å². The van der Waals surface area contributed by atoms with Gasteiger partial charge in [-0.3, -0.25) is 4.79 Å². The fraction of sp³-hybridized carbons (Fsp3) is 0.364. The lowest BCUT2D eigenvalue weighted by atomic mass is 10.3. The van der Waals surface area contributed by atoms with Gasteiger partial charge in [0.05, 0.1) is 18.7 Å². The van der Waals surface area contributed by atoms with Crippen molar-refractivity contribution in [1.29, 1.82) is 0 Å². The van der Waals surface area contributed by atoms with Gasteiger partial charge in [-0.05, 0) is 18.6 Å². The van der Waals surface area contributed by atoms with Gasteiger partial charge in [-0.1, -0.05) is 11.6 Å². The van der Waals surface area contributed by atoms with Gasteiger partial charge in [-0.15, -0.1) is 0 Å². The second-order valence-corrected chi connectivity index (χ2v) is 3.51. The number of ether oxygens (including phenoxy) is 2. The molecule has 0 heterocycles. The molecule has 0 saturated carbocycles. The Hall–Kier alpha value is -1.29. The van der Waals surface area contributed by atoms with Crippen molar-refractivity contribution in [1.82, 2.24) is 0 Å². The van der Waals surface area contributed by atoms with E-state index in [1.165, 1.54) is 25.3 Å². The second-order valence-electron chi connectivity index (χ2n) is 3.10. The summed E-state index contributed by atoms with van der Waals surface area (Å²) in [4.78, 5) is 10.8. The van der Waals surface area contributed by atoms with Gasteiger partial charge in [0.15, 0.2) is 0 Å². The topological polar surface area (TPSA) is 35.5 Å². The summed E-state index contributed by atoms with van der Waals surface area (Å²) in [5.74, 6) is -0.277. The molecule has 1 aromatic carbocycles. The Kier molecular flexibility index (Phi) is 5.05. The van der Waals surface area contributed by atoms with Crippen LogP contribution in [-0.4, -0.2) is 19.7 Å². The molecule has 0 spiro atoms. The van der Waals surface area contributed by atoms with Crippen molar-refractivity contribution in [3.63, 3.8) is 0 Å². The first-order chi connectivity index (χ1) is 7.63. The molecule has 0 bridgehead atoms. The minimum atomic E-state index is -0.483. The highest BCUT2D eigenvalue weighted by Crippen LogP contribution is 2.21. The standard InChI is InChI=1S/C11H12ClFO3/c1-15-11(14)3-2-6-16-8-4-5-10(13)9(12)7-8/h4-5,7H,2-3,6H2,1H3. The third-order valence-electron chi connectivity index (χ3n) is 1.91. The number of carbonyl (C=O) groups excluding carboxylic acids is 1. The maximum Gasteiger partial charge on any atom is 0.305 e. The zero-order valence-corrected chi connectivity index (χ0v) is 9.59. The summed E-state index contributed by atoms with van der Waals surface area (Å²) in [5, 5.41) is 0.0190. The first-order valence-corrected chi connectivity index (χ1v) is 5.16. The first kappa shape index (κ1) is 12.8. The molecule has 0 aliphatic rings. The summed E-state index contributed by atoms with van der Waals surface area (Å²) in [6, 6.07) is 4.12. The molecule has 0 radical (unpaired) electrons. The predicted octanol–water partition coefficient (Wildman–Crippen LogP) is 2.81. The molecule has 0 aliphatic carbocycles. The van der Waals surface area contributed by atoms with Crippen LogP contribution < -0.4 is 4.74 Å². The van der Waals surface area contributed by atoms with Crippen LogP contribution in [0.1, 0.15) is 12.8 Å². The summed E-state index contributed by atoms with van der Waals surface area (Å²) in [5.41, 5.74) is 0. The molecule has 0 N–H and O–H groups in total. The highest BCUT2D eigenvalue weighted by molar-refractivity contribution is 6.30. The molecule has 0 aliphatic heterocycles. The average Bonchev–Trinajstić information content (AvgIpc) is 2.28. The number of halogens is 2. The normalized spacial score (nSPS) is 9.94. The Morgan fingerprint density at radius 3 is 2.88 bits per heavy atom. The van der Waals surface area contributed by atoms with Crippen molar-refractivity contribution in [2.45, 2.75) is 12.8 Å². The summed E-state index contributed by atoms with van der Waals surface area (Å²) in [6.45, 7) is 0.358. The fourth-order valence-electron chi connectivity index (χ4n) is 1.08. The second kappa shape index (κ2) is 6.33. The van der Waals surface area contributed by atoms with Crippen molar-refractivity contribution in [2.24, 2.45) is 0 Å². The zero-order chi connectivity index (χ0) is 12.0. The van der Waals surface area contributed by atoms with E-state index in [4.69, 9.17) is 16.3 Å². The third kappa shape index (κ3) is 4.06. The molecular weight excluding hydrogens is 235 g/mol. The van der Waals surface area contributed by atoms with Crippen LogP contribution in [0.3, 0.4) is 0 Å². The van der Waals surface area contributed by atoms with E-state index in [1.54, 1.807) is 0 Å². The molecule has 16 heavy (non-hydrogen) atoms. The van der Waals surface area contributed by atoms with E-state index in [2.05, 4.69) is 4.74 Å². The van der Waals surface area contributed by atoms with E-state index < -0.39 is 5.82 Å². The van der Waals surface area contributed by atoms with Gasteiger partial charge in [0.1, 0.15) is 11.6 Å². The molecule has 3 nitrogen and oxygen atoms in total. The largest absolute Gasteiger partial charge is 0.494 e. The monoisotopic (exact) mass is 246 g/mol. The molecule has 1 rings (SSSR count). The predicted molar refractivity (Wildman–Crippen MR) is 58.2 cm³/mol. The quantitative estimate of drug-likeness (QED) is 0.592. The van der Waals surface area contributed by atoms with E-state index in [1.807, 2.05) is 0 Å². The van der Waals surface area contributed by atoms with Gasteiger partial charge < -0.3 is 9.47 Å². The number of benzene rings is 1. The van der Waals surface area contributed by atoms with Crippen molar-refractivity contribution < 1.29 is 18.7 Å². The molecule has 5 heteroatoms. The maximum absolute atomic E-state index is 12.8. The van der Waals surface area contributed by atoms with Gasteiger partial charge in [0.2, 0.25) is 0 Å². The van der Waals surface area contributed by atoms with Crippen molar-refractivity contribution in [3.05, 3.63) is 29.0 Å². The van der Waals surface area contributed by atoms with Crippen LogP contribution in [0.2, 0.25) is 5.02 Å². The van der Waals surface area contributed by atoms with Gasteiger partial charge >= 0.3 is 5.97 Å². The van der Waals surface area contributed by atoms with E-state index in [0.29, 0.717) is 25.2 Å². The minimum absolute atomic E-state index is 0.0190. The van der Waals surface area contributed by atoms with E-state index in [-0.39, 0.29) is 11.0 Å². The lowest BCUT2D eigenvalue weighted by molar-refractivity contribution is -0.140. The summed E-state index contributed by atoms with van der Waals surface area (Å²) >= 11 is 5.57. The molecule has 0 atom stereocenters.